The van der Waals surface area contributed by atoms with E-state index in [1.807, 2.05) is 0 Å². The van der Waals surface area contributed by atoms with Crippen LogP contribution in [0.3, 0.4) is 0 Å². The molecule has 1 fully saturated rings. The summed E-state index contributed by atoms with van der Waals surface area (Å²) in [6, 6.07) is 3.57. The smallest absolute Gasteiger partial charge is 0.352 e. The van der Waals surface area contributed by atoms with E-state index in [0.29, 0.717) is 12.8 Å². The van der Waals surface area contributed by atoms with Crippen LogP contribution in [0.5, 0.6) is 0 Å². The molecule has 2 rings (SSSR count). The maximum atomic E-state index is 12.9. The monoisotopic (exact) mass is 320 g/mol. The zero-order chi connectivity index (χ0) is 15.5. The molecule has 1 aliphatic rings. The Balaban J connectivity index is 2.04. The van der Waals surface area contributed by atoms with Gasteiger partial charge in [0.05, 0.1) is 5.56 Å². The second-order valence-corrected chi connectivity index (χ2v) is 5.48. The van der Waals surface area contributed by atoms with Crippen molar-refractivity contribution in [2.24, 2.45) is 5.92 Å². The van der Waals surface area contributed by atoms with E-state index < -0.39 is 11.7 Å². The molecule has 0 atom stereocenters. The molecule has 1 aromatic carbocycles. The second-order valence-electron chi connectivity index (χ2n) is 5.04. The number of alkyl halides is 3. The number of rotatable bonds is 3. The van der Waals surface area contributed by atoms with Crippen LogP contribution < -0.4 is 10.6 Å². The molecule has 0 unspecified atom stereocenters. The highest BCUT2D eigenvalue weighted by molar-refractivity contribution is 6.30. The lowest BCUT2D eigenvalue weighted by molar-refractivity contribution is -0.138. The lowest BCUT2D eigenvalue weighted by Crippen LogP contribution is -2.38. The van der Waals surface area contributed by atoms with E-state index in [0.717, 1.165) is 19.2 Å². The van der Waals surface area contributed by atoms with Crippen molar-refractivity contribution in [3.8, 4) is 0 Å². The number of benzene rings is 1. The summed E-state index contributed by atoms with van der Waals surface area (Å²) in [5.41, 5.74) is -0.783. The van der Waals surface area contributed by atoms with Crippen LogP contribution in [0.25, 0.3) is 0 Å². The molecule has 21 heavy (non-hydrogen) atoms. The molecule has 7 heteroatoms. The van der Waals surface area contributed by atoms with Crippen LogP contribution in [0.2, 0.25) is 5.02 Å². The SMILES string of the molecule is O=C(NCc1ccc(Cl)cc1C(F)(F)F)C1CCNCC1. The van der Waals surface area contributed by atoms with Crippen LogP contribution in [0.1, 0.15) is 24.0 Å². The number of nitrogens with one attached hydrogen (secondary N) is 2. The van der Waals surface area contributed by atoms with Gasteiger partial charge in [0.25, 0.3) is 0 Å². The van der Waals surface area contributed by atoms with E-state index in [9.17, 15) is 18.0 Å². The molecule has 1 aromatic rings. The molecule has 1 amide bonds. The third-order valence-corrected chi connectivity index (χ3v) is 3.78. The fourth-order valence-corrected chi connectivity index (χ4v) is 2.55. The molecule has 0 saturated carbocycles. The van der Waals surface area contributed by atoms with Gasteiger partial charge >= 0.3 is 6.18 Å². The summed E-state index contributed by atoms with van der Waals surface area (Å²) in [6.07, 6.45) is -3.07. The minimum atomic E-state index is -4.49. The molecule has 1 saturated heterocycles. The minimum Gasteiger partial charge on any atom is -0.352 e. The van der Waals surface area contributed by atoms with Crippen molar-refractivity contribution in [2.75, 3.05) is 13.1 Å². The van der Waals surface area contributed by atoms with Gasteiger partial charge in [-0.2, -0.15) is 13.2 Å². The van der Waals surface area contributed by atoms with Gasteiger partial charge in [0.15, 0.2) is 0 Å². The van der Waals surface area contributed by atoms with E-state index in [2.05, 4.69) is 10.6 Å². The second kappa shape index (κ2) is 6.66. The molecule has 0 radical (unpaired) electrons. The number of piperidine rings is 1. The number of hydrogen-bond donors (Lipinski definition) is 2. The van der Waals surface area contributed by atoms with Gasteiger partial charge in [-0.25, -0.2) is 0 Å². The zero-order valence-corrected chi connectivity index (χ0v) is 12.0. The Morgan fingerprint density at radius 1 is 1.33 bits per heavy atom. The molecule has 3 nitrogen and oxygen atoms in total. The van der Waals surface area contributed by atoms with Crippen LogP contribution in [-0.2, 0) is 17.5 Å². The van der Waals surface area contributed by atoms with E-state index in [1.165, 1.54) is 12.1 Å². The summed E-state index contributed by atoms with van der Waals surface area (Å²) in [5.74, 6) is -0.326. The average Bonchev–Trinajstić information content (AvgIpc) is 2.45. The zero-order valence-electron chi connectivity index (χ0n) is 11.3. The number of hydrogen-bond acceptors (Lipinski definition) is 2. The molecule has 1 heterocycles. The third kappa shape index (κ3) is 4.35. The van der Waals surface area contributed by atoms with Crippen molar-refractivity contribution in [3.63, 3.8) is 0 Å². The van der Waals surface area contributed by atoms with E-state index in [-0.39, 0.29) is 29.0 Å². The molecule has 0 bridgehead atoms. The summed E-state index contributed by atoms with van der Waals surface area (Å²) in [7, 11) is 0. The number of halogens is 4. The number of amides is 1. The first-order valence-electron chi connectivity index (χ1n) is 6.72. The van der Waals surface area contributed by atoms with Gasteiger partial charge in [-0.05, 0) is 43.6 Å². The Morgan fingerprint density at radius 3 is 2.62 bits per heavy atom. The maximum Gasteiger partial charge on any atom is 0.416 e. The standard InChI is InChI=1S/C14H16ClF3N2O/c15-11-2-1-10(12(7-11)14(16,17)18)8-20-13(21)9-3-5-19-6-4-9/h1-2,7,9,19H,3-6,8H2,(H,20,21). The topological polar surface area (TPSA) is 41.1 Å². The minimum absolute atomic E-state index is 0.0224. The van der Waals surface area contributed by atoms with Crippen molar-refractivity contribution < 1.29 is 18.0 Å². The molecule has 0 aliphatic carbocycles. The highest BCUT2D eigenvalue weighted by Crippen LogP contribution is 2.33. The quantitative estimate of drug-likeness (QED) is 0.899. The average molecular weight is 321 g/mol. The van der Waals surface area contributed by atoms with Crippen LogP contribution in [0, 0.1) is 5.92 Å². The van der Waals surface area contributed by atoms with Crippen LogP contribution in [0.15, 0.2) is 18.2 Å². The van der Waals surface area contributed by atoms with E-state index in [1.54, 1.807) is 0 Å². The van der Waals surface area contributed by atoms with Gasteiger partial charge in [-0.1, -0.05) is 17.7 Å². The van der Waals surface area contributed by atoms with Crippen LogP contribution in [0.4, 0.5) is 13.2 Å². The van der Waals surface area contributed by atoms with Gasteiger partial charge < -0.3 is 10.6 Å². The van der Waals surface area contributed by atoms with Gasteiger partial charge in [-0.15, -0.1) is 0 Å². The lowest BCUT2D eigenvalue weighted by Gasteiger charge is -2.22. The lowest BCUT2D eigenvalue weighted by atomic mass is 9.97. The third-order valence-electron chi connectivity index (χ3n) is 3.54. The van der Waals surface area contributed by atoms with Crippen molar-refractivity contribution >= 4 is 17.5 Å². The molecule has 1 aliphatic heterocycles. The highest BCUT2D eigenvalue weighted by Gasteiger charge is 2.33. The first-order valence-corrected chi connectivity index (χ1v) is 7.10. The van der Waals surface area contributed by atoms with E-state index >= 15 is 0 Å². The predicted molar refractivity (Wildman–Crippen MR) is 73.9 cm³/mol. The highest BCUT2D eigenvalue weighted by atomic mass is 35.5. The largest absolute Gasteiger partial charge is 0.416 e. The predicted octanol–water partition coefficient (Wildman–Crippen LogP) is 2.97. The first-order chi connectivity index (χ1) is 9.88. The summed E-state index contributed by atoms with van der Waals surface area (Å²) in [6.45, 7) is 1.37. The Morgan fingerprint density at radius 2 is 2.00 bits per heavy atom. The van der Waals surface area contributed by atoms with Crippen molar-refractivity contribution in [3.05, 3.63) is 34.3 Å². The van der Waals surface area contributed by atoms with Gasteiger partial charge in [-0.3, -0.25) is 4.79 Å². The van der Waals surface area contributed by atoms with Crippen molar-refractivity contribution in [1.82, 2.24) is 10.6 Å². The van der Waals surface area contributed by atoms with Gasteiger partial charge in [0.1, 0.15) is 0 Å². The van der Waals surface area contributed by atoms with Crippen LogP contribution in [-0.4, -0.2) is 19.0 Å². The first kappa shape index (κ1) is 16.1. The summed E-state index contributed by atoms with van der Waals surface area (Å²) in [5, 5.41) is 5.75. The van der Waals surface area contributed by atoms with Crippen molar-refractivity contribution in [2.45, 2.75) is 25.6 Å². The Bertz CT molecular complexity index is 513. The molecule has 2 N–H and O–H groups in total. The summed E-state index contributed by atoms with van der Waals surface area (Å²) < 4.78 is 38.8. The van der Waals surface area contributed by atoms with Gasteiger partial charge in [0, 0.05) is 17.5 Å². The normalized spacial score (nSPS) is 16.8. The maximum absolute atomic E-state index is 12.9. The van der Waals surface area contributed by atoms with Crippen LogP contribution >= 0.6 is 11.6 Å². The molecule has 0 aromatic heterocycles. The van der Waals surface area contributed by atoms with Gasteiger partial charge in [0.2, 0.25) is 5.91 Å². The summed E-state index contributed by atoms with van der Waals surface area (Å²) in [4.78, 5) is 12.0. The fourth-order valence-electron chi connectivity index (χ4n) is 2.38. The van der Waals surface area contributed by atoms with Crippen molar-refractivity contribution in [1.29, 1.82) is 0 Å². The Hall–Kier alpha value is -1.27. The molecular formula is C14H16ClF3N2O. The Kier molecular flexibility index (Phi) is 5.11. The molecular weight excluding hydrogens is 305 g/mol. The Labute approximate surface area is 125 Å². The molecule has 116 valence electrons. The number of carbonyl (C=O) groups excluding carboxylic acids is 1. The molecule has 0 spiro atoms. The summed E-state index contributed by atoms with van der Waals surface area (Å²) >= 11 is 5.61. The van der Waals surface area contributed by atoms with E-state index in [4.69, 9.17) is 11.6 Å². The number of carbonyl (C=O) groups is 1. The fraction of sp³-hybridized carbons (Fsp3) is 0.500.